The fraction of sp³-hybridized carbons (Fsp3) is 0.938. The molecule has 2 saturated heterocycles. The highest BCUT2D eigenvalue weighted by Gasteiger charge is 2.45. The minimum atomic E-state index is -0.562. The first kappa shape index (κ1) is 14.3. The summed E-state index contributed by atoms with van der Waals surface area (Å²) in [5, 5.41) is 9.68. The molecule has 2 heterocycles. The largest absolute Gasteiger partial charge is 0.481 e. The molecule has 2 aliphatic heterocycles. The number of hydrogen-bond acceptors (Lipinski definition) is 3. The monoisotopic (exact) mass is 280 g/mol. The summed E-state index contributed by atoms with van der Waals surface area (Å²) in [6, 6.07) is 1.17. The van der Waals surface area contributed by atoms with E-state index in [0.717, 1.165) is 45.3 Å². The number of carboxylic acid groups (broad SMARTS) is 1. The maximum atomic E-state index is 11.7. The van der Waals surface area contributed by atoms with Crippen molar-refractivity contribution in [1.82, 2.24) is 9.80 Å². The van der Waals surface area contributed by atoms with E-state index in [2.05, 4.69) is 16.7 Å². The Balaban J connectivity index is 1.68. The van der Waals surface area contributed by atoms with Gasteiger partial charge in [0.15, 0.2) is 0 Å². The quantitative estimate of drug-likeness (QED) is 0.860. The summed E-state index contributed by atoms with van der Waals surface area (Å²) in [7, 11) is 0. The number of aliphatic carboxylic acids is 1. The van der Waals surface area contributed by atoms with Crippen LogP contribution in [0.5, 0.6) is 0 Å². The van der Waals surface area contributed by atoms with Gasteiger partial charge in [-0.1, -0.05) is 19.3 Å². The first-order valence-electron chi connectivity index (χ1n) is 8.32. The zero-order valence-electron chi connectivity index (χ0n) is 12.7. The molecular formula is C16H28N2O2. The predicted octanol–water partition coefficient (Wildman–Crippen LogP) is 2.19. The molecule has 4 heteroatoms. The van der Waals surface area contributed by atoms with Crippen LogP contribution in [0.3, 0.4) is 0 Å². The van der Waals surface area contributed by atoms with E-state index in [1.165, 1.54) is 25.8 Å². The average molecular weight is 280 g/mol. The Bertz CT molecular complexity index is 365. The molecule has 3 aliphatic rings. The molecule has 0 spiro atoms. The molecule has 4 nitrogen and oxygen atoms in total. The lowest BCUT2D eigenvalue weighted by Crippen LogP contribution is -2.60. The number of fused-ring (bicyclic) bond motifs is 1. The number of hydrogen-bond donors (Lipinski definition) is 1. The molecule has 0 bridgehead atoms. The Hall–Kier alpha value is -0.610. The summed E-state index contributed by atoms with van der Waals surface area (Å²) < 4.78 is 0. The molecule has 0 aromatic rings. The molecular weight excluding hydrogens is 252 g/mol. The fourth-order valence-corrected chi connectivity index (χ4v) is 4.51. The Kier molecular flexibility index (Phi) is 4.04. The van der Waals surface area contributed by atoms with Gasteiger partial charge in [-0.05, 0) is 39.2 Å². The third-order valence-corrected chi connectivity index (χ3v) is 5.84. The normalized spacial score (nSPS) is 34.9. The molecule has 0 aromatic heterocycles. The van der Waals surface area contributed by atoms with Crippen LogP contribution in [-0.4, -0.2) is 59.1 Å². The smallest absolute Gasteiger partial charge is 0.310 e. The van der Waals surface area contributed by atoms with Crippen LogP contribution in [0, 0.1) is 5.41 Å². The summed E-state index contributed by atoms with van der Waals surface area (Å²) in [5.41, 5.74) is -0.453. The molecule has 20 heavy (non-hydrogen) atoms. The van der Waals surface area contributed by atoms with E-state index in [-0.39, 0.29) is 0 Å². The van der Waals surface area contributed by atoms with Crippen molar-refractivity contribution in [3.63, 3.8) is 0 Å². The standard InChI is InChI=1S/C16H28N2O2/c1-13-10-17-9-5-2-6-14(17)11-18(13)12-16(15(19)20)7-3-4-8-16/h13-14H,2-12H2,1H3,(H,19,20). The van der Waals surface area contributed by atoms with Crippen molar-refractivity contribution in [3.05, 3.63) is 0 Å². The first-order chi connectivity index (χ1) is 9.61. The second-order valence-corrected chi connectivity index (χ2v) is 7.22. The van der Waals surface area contributed by atoms with Gasteiger partial charge in [0, 0.05) is 31.7 Å². The zero-order valence-corrected chi connectivity index (χ0v) is 12.7. The molecule has 3 fully saturated rings. The van der Waals surface area contributed by atoms with Crippen LogP contribution in [0.15, 0.2) is 0 Å². The number of carboxylic acids is 1. The van der Waals surface area contributed by atoms with Gasteiger partial charge in [0.05, 0.1) is 5.41 Å². The van der Waals surface area contributed by atoms with Crippen LogP contribution >= 0.6 is 0 Å². The van der Waals surface area contributed by atoms with Crippen molar-refractivity contribution in [1.29, 1.82) is 0 Å². The average Bonchev–Trinajstić information content (AvgIpc) is 2.89. The van der Waals surface area contributed by atoms with Crippen LogP contribution in [0.2, 0.25) is 0 Å². The van der Waals surface area contributed by atoms with E-state index in [0.29, 0.717) is 12.1 Å². The van der Waals surface area contributed by atoms with Gasteiger partial charge in [-0.3, -0.25) is 14.6 Å². The highest BCUT2D eigenvalue weighted by Crippen LogP contribution is 2.40. The van der Waals surface area contributed by atoms with Crippen LogP contribution in [-0.2, 0) is 4.79 Å². The molecule has 1 N–H and O–H groups in total. The summed E-state index contributed by atoms with van der Waals surface area (Å²) >= 11 is 0. The SMILES string of the molecule is CC1CN2CCCCC2CN1CC1(C(=O)O)CCCC1. The van der Waals surface area contributed by atoms with Gasteiger partial charge < -0.3 is 5.11 Å². The van der Waals surface area contributed by atoms with Crippen molar-refractivity contribution in [2.45, 2.75) is 64.0 Å². The molecule has 2 unspecified atom stereocenters. The van der Waals surface area contributed by atoms with E-state index in [4.69, 9.17) is 0 Å². The third-order valence-electron chi connectivity index (χ3n) is 5.84. The molecule has 0 radical (unpaired) electrons. The lowest BCUT2D eigenvalue weighted by molar-refractivity contribution is -0.151. The van der Waals surface area contributed by atoms with Gasteiger partial charge in [0.1, 0.15) is 0 Å². The summed E-state index contributed by atoms with van der Waals surface area (Å²) in [6.07, 6.45) is 7.90. The number of nitrogens with zero attached hydrogens (tertiary/aromatic N) is 2. The van der Waals surface area contributed by atoms with Crippen LogP contribution < -0.4 is 0 Å². The second kappa shape index (κ2) is 5.64. The van der Waals surface area contributed by atoms with E-state index < -0.39 is 11.4 Å². The number of carbonyl (C=O) groups is 1. The van der Waals surface area contributed by atoms with E-state index >= 15 is 0 Å². The molecule has 2 atom stereocenters. The van der Waals surface area contributed by atoms with Crippen molar-refractivity contribution < 1.29 is 9.90 Å². The van der Waals surface area contributed by atoms with E-state index in [1.807, 2.05) is 0 Å². The predicted molar refractivity (Wildman–Crippen MR) is 78.8 cm³/mol. The van der Waals surface area contributed by atoms with E-state index in [9.17, 15) is 9.90 Å². The zero-order chi connectivity index (χ0) is 14.2. The first-order valence-corrected chi connectivity index (χ1v) is 8.32. The number of piperazine rings is 1. The van der Waals surface area contributed by atoms with Gasteiger partial charge in [-0.15, -0.1) is 0 Å². The Labute approximate surface area is 122 Å². The number of piperidine rings is 1. The van der Waals surface area contributed by atoms with Crippen molar-refractivity contribution in [2.24, 2.45) is 5.41 Å². The fourth-order valence-electron chi connectivity index (χ4n) is 4.51. The van der Waals surface area contributed by atoms with Crippen LogP contribution in [0.25, 0.3) is 0 Å². The van der Waals surface area contributed by atoms with Crippen molar-refractivity contribution in [2.75, 3.05) is 26.2 Å². The summed E-state index contributed by atoms with van der Waals surface area (Å²) in [6.45, 7) is 6.49. The second-order valence-electron chi connectivity index (χ2n) is 7.22. The minimum absolute atomic E-state index is 0.453. The molecule has 0 amide bonds. The summed E-state index contributed by atoms with van der Waals surface area (Å²) in [5.74, 6) is -0.562. The van der Waals surface area contributed by atoms with Gasteiger partial charge in [0.2, 0.25) is 0 Å². The topological polar surface area (TPSA) is 43.8 Å². The van der Waals surface area contributed by atoms with Crippen LogP contribution in [0.1, 0.15) is 51.9 Å². The lowest BCUT2D eigenvalue weighted by Gasteiger charge is -2.49. The molecule has 1 aliphatic carbocycles. The lowest BCUT2D eigenvalue weighted by atomic mass is 9.84. The Morgan fingerprint density at radius 3 is 2.65 bits per heavy atom. The highest BCUT2D eigenvalue weighted by molar-refractivity contribution is 5.75. The maximum absolute atomic E-state index is 11.7. The Morgan fingerprint density at radius 2 is 1.95 bits per heavy atom. The van der Waals surface area contributed by atoms with Crippen LogP contribution in [0.4, 0.5) is 0 Å². The van der Waals surface area contributed by atoms with Gasteiger partial charge in [-0.2, -0.15) is 0 Å². The van der Waals surface area contributed by atoms with Gasteiger partial charge in [-0.25, -0.2) is 0 Å². The molecule has 3 rings (SSSR count). The Morgan fingerprint density at radius 1 is 1.20 bits per heavy atom. The molecule has 114 valence electrons. The van der Waals surface area contributed by atoms with Gasteiger partial charge in [0.25, 0.3) is 0 Å². The maximum Gasteiger partial charge on any atom is 0.310 e. The van der Waals surface area contributed by atoms with Crippen molar-refractivity contribution in [3.8, 4) is 0 Å². The minimum Gasteiger partial charge on any atom is -0.481 e. The van der Waals surface area contributed by atoms with Gasteiger partial charge >= 0.3 is 5.97 Å². The highest BCUT2D eigenvalue weighted by atomic mass is 16.4. The number of rotatable bonds is 3. The van der Waals surface area contributed by atoms with Crippen molar-refractivity contribution >= 4 is 5.97 Å². The molecule has 1 saturated carbocycles. The summed E-state index contributed by atoms with van der Waals surface area (Å²) in [4.78, 5) is 16.9. The van der Waals surface area contributed by atoms with E-state index in [1.54, 1.807) is 0 Å². The molecule has 0 aromatic carbocycles. The third kappa shape index (κ3) is 2.60.